The van der Waals surface area contributed by atoms with Crippen molar-refractivity contribution in [1.82, 2.24) is 4.98 Å². The van der Waals surface area contributed by atoms with E-state index in [1.807, 2.05) is 19.2 Å². The van der Waals surface area contributed by atoms with Crippen LogP contribution in [0.2, 0.25) is 0 Å². The summed E-state index contributed by atoms with van der Waals surface area (Å²) in [7, 11) is 2.16. The van der Waals surface area contributed by atoms with Gasteiger partial charge in [0.2, 0.25) is 0 Å². The molecule has 2 rings (SSSR count). The van der Waals surface area contributed by atoms with Gasteiger partial charge >= 0.3 is 0 Å². The molecule has 1 aliphatic carbocycles. The molecule has 0 radical (unpaired) electrons. The van der Waals surface area contributed by atoms with Crippen LogP contribution in [0.5, 0.6) is 0 Å². The molecule has 0 bridgehead atoms. The van der Waals surface area contributed by atoms with Crippen molar-refractivity contribution in [3.63, 3.8) is 0 Å². The van der Waals surface area contributed by atoms with Crippen molar-refractivity contribution in [3.8, 4) is 0 Å². The van der Waals surface area contributed by atoms with Crippen molar-refractivity contribution in [3.05, 3.63) is 23.9 Å². The molecular weight excluding hydrogens is 222 g/mol. The predicted octanol–water partition coefficient (Wildman–Crippen LogP) is 3.12. The average molecular weight is 247 g/mol. The SMILES string of the molecule is CC1CCC(N(C)c2ncccc2[C@@H](C)N)CC1. The van der Waals surface area contributed by atoms with E-state index in [1.165, 1.54) is 25.7 Å². The number of hydrogen-bond acceptors (Lipinski definition) is 3. The Kier molecular flexibility index (Phi) is 4.23. The van der Waals surface area contributed by atoms with Gasteiger partial charge in [0, 0.05) is 30.9 Å². The van der Waals surface area contributed by atoms with E-state index >= 15 is 0 Å². The third-order valence-corrected chi connectivity index (χ3v) is 4.17. The van der Waals surface area contributed by atoms with Crippen molar-refractivity contribution in [1.29, 1.82) is 0 Å². The molecule has 18 heavy (non-hydrogen) atoms. The largest absolute Gasteiger partial charge is 0.356 e. The summed E-state index contributed by atoms with van der Waals surface area (Å²) in [5, 5.41) is 0. The van der Waals surface area contributed by atoms with Crippen molar-refractivity contribution in [2.45, 2.75) is 51.6 Å². The van der Waals surface area contributed by atoms with Crippen LogP contribution in [0, 0.1) is 5.92 Å². The average Bonchev–Trinajstić information content (AvgIpc) is 2.39. The van der Waals surface area contributed by atoms with E-state index in [4.69, 9.17) is 5.73 Å². The molecule has 0 aromatic carbocycles. The summed E-state index contributed by atoms with van der Waals surface area (Å²) in [6.45, 7) is 4.38. The zero-order chi connectivity index (χ0) is 13.1. The van der Waals surface area contributed by atoms with Crippen molar-refractivity contribution < 1.29 is 0 Å². The third kappa shape index (κ3) is 2.83. The Balaban J connectivity index is 2.15. The fourth-order valence-electron chi connectivity index (χ4n) is 2.86. The quantitative estimate of drug-likeness (QED) is 0.892. The number of nitrogens with two attached hydrogens (primary N) is 1. The van der Waals surface area contributed by atoms with Gasteiger partial charge in [-0.2, -0.15) is 0 Å². The van der Waals surface area contributed by atoms with Gasteiger partial charge in [0.15, 0.2) is 0 Å². The number of rotatable bonds is 3. The highest BCUT2D eigenvalue weighted by Gasteiger charge is 2.24. The van der Waals surface area contributed by atoms with Crippen LogP contribution in [0.4, 0.5) is 5.82 Å². The molecule has 0 aliphatic heterocycles. The third-order valence-electron chi connectivity index (χ3n) is 4.17. The molecule has 1 heterocycles. The first-order valence-corrected chi connectivity index (χ1v) is 7.03. The number of aromatic nitrogens is 1. The minimum atomic E-state index is 0.0404. The molecule has 100 valence electrons. The second-order valence-electron chi connectivity index (χ2n) is 5.73. The molecule has 0 spiro atoms. The molecule has 3 nitrogen and oxygen atoms in total. The van der Waals surface area contributed by atoms with Crippen LogP contribution in [0.15, 0.2) is 18.3 Å². The maximum absolute atomic E-state index is 6.04. The summed E-state index contributed by atoms with van der Waals surface area (Å²) < 4.78 is 0. The minimum absolute atomic E-state index is 0.0404. The van der Waals surface area contributed by atoms with Crippen molar-refractivity contribution in [2.24, 2.45) is 11.7 Å². The van der Waals surface area contributed by atoms with Gasteiger partial charge in [-0.25, -0.2) is 4.98 Å². The fraction of sp³-hybridized carbons (Fsp3) is 0.667. The van der Waals surface area contributed by atoms with Crippen LogP contribution in [-0.4, -0.2) is 18.1 Å². The van der Waals surface area contributed by atoms with Crippen LogP contribution < -0.4 is 10.6 Å². The van der Waals surface area contributed by atoms with Crippen LogP contribution in [0.1, 0.15) is 51.1 Å². The van der Waals surface area contributed by atoms with Crippen molar-refractivity contribution >= 4 is 5.82 Å². The summed E-state index contributed by atoms with van der Waals surface area (Å²) in [6.07, 6.45) is 7.06. The first-order chi connectivity index (χ1) is 8.59. The van der Waals surface area contributed by atoms with Gasteiger partial charge in [0.1, 0.15) is 5.82 Å². The summed E-state index contributed by atoms with van der Waals surface area (Å²) in [4.78, 5) is 6.88. The Morgan fingerprint density at radius 2 is 2.00 bits per heavy atom. The Bertz CT molecular complexity index is 381. The van der Waals surface area contributed by atoms with Crippen LogP contribution in [-0.2, 0) is 0 Å². The smallest absolute Gasteiger partial charge is 0.133 e. The Labute approximate surface area is 110 Å². The van der Waals surface area contributed by atoms with E-state index in [1.54, 1.807) is 0 Å². The van der Waals surface area contributed by atoms with E-state index < -0.39 is 0 Å². The summed E-state index contributed by atoms with van der Waals surface area (Å²) >= 11 is 0. The highest BCUT2D eigenvalue weighted by molar-refractivity contribution is 5.48. The van der Waals surface area contributed by atoms with Crippen LogP contribution in [0.25, 0.3) is 0 Å². The molecule has 1 fully saturated rings. The summed E-state index contributed by atoms with van der Waals surface area (Å²) in [5.41, 5.74) is 7.19. The Morgan fingerprint density at radius 3 is 2.61 bits per heavy atom. The fourth-order valence-corrected chi connectivity index (χ4v) is 2.86. The molecule has 1 aliphatic rings. The maximum Gasteiger partial charge on any atom is 0.133 e. The summed E-state index contributed by atoms with van der Waals surface area (Å²) in [5.74, 6) is 1.94. The van der Waals surface area contributed by atoms with E-state index in [-0.39, 0.29) is 6.04 Å². The van der Waals surface area contributed by atoms with Gasteiger partial charge in [-0.1, -0.05) is 13.0 Å². The van der Waals surface area contributed by atoms with Gasteiger partial charge in [0.25, 0.3) is 0 Å². The molecule has 3 heteroatoms. The number of hydrogen-bond donors (Lipinski definition) is 1. The van der Waals surface area contributed by atoms with E-state index in [0.29, 0.717) is 6.04 Å². The normalized spacial score (nSPS) is 25.8. The number of anilines is 1. The maximum atomic E-state index is 6.04. The van der Waals surface area contributed by atoms with Gasteiger partial charge in [-0.3, -0.25) is 0 Å². The molecule has 1 aromatic rings. The Morgan fingerprint density at radius 1 is 1.33 bits per heavy atom. The predicted molar refractivity (Wildman–Crippen MR) is 76.7 cm³/mol. The molecule has 1 aromatic heterocycles. The first kappa shape index (κ1) is 13.3. The zero-order valence-corrected chi connectivity index (χ0v) is 11.8. The van der Waals surface area contributed by atoms with Gasteiger partial charge in [-0.15, -0.1) is 0 Å². The van der Waals surface area contributed by atoms with Gasteiger partial charge in [-0.05, 0) is 44.6 Å². The first-order valence-electron chi connectivity index (χ1n) is 7.03. The number of pyridine rings is 1. The van der Waals surface area contributed by atoms with E-state index in [0.717, 1.165) is 17.3 Å². The molecule has 2 N–H and O–H groups in total. The zero-order valence-electron chi connectivity index (χ0n) is 11.8. The lowest BCUT2D eigenvalue weighted by Gasteiger charge is -2.35. The number of nitrogens with zero attached hydrogens (tertiary/aromatic N) is 2. The van der Waals surface area contributed by atoms with Crippen molar-refractivity contribution in [2.75, 3.05) is 11.9 Å². The van der Waals surface area contributed by atoms with E-state index in [2.05, 4.69) is 29.9 Å². The lowest BCUT2D eigenvalue weighted by molar-refractivity contribution is 0.339. The van der Waals surface area contributed by atoms with Crippen LogP contribution in [0.3, 0.4) is 0 Å². The molecule has 0 unspecified atom stereocenters. The summed E-state index contributed by atoms with van der Waals surface area (Å²) in [6, 6.07) is 4.72. The highest BCUT2D eigenvalue weighted by Crippen LogP contribution is 2.31. The van der Waals surface area contributed by atoms with E-state index in [9.17, 15) is 0 Å². The molecule has 1 saturated carbocycles. The lowest BCUT2D eigenvalue weighted by atomic mass is 9.86. The molecule has 0 saturated heterocycles. The highest BCUT2D eigenvalue weighted by atomic mass is 15.2. The molecular formula is C15H25N3. The van der Waals surface area contributed by atoms with Crippen LogP contribution >= 0.6 is 0 Å². The molecule has 1 atom stereocenters. The second kappa shape index (κ2) is 5.70. The second-order valence-corrected chi connectivity index (χ2v) is 5.73. The topological polar surface area (TPSA) is 42.2 Å². The monoisotopic (exact) mass is 247 g/mol. The molecule has 0 amide bonds. The Hall–Kier alpha value is -1.09. The standard InChI is InChI=1S/C15H25N3/c1-11-6-8-13(9-7-11)18(3)15-14(12(2)16)5-4-10-17-15/h4-5,10-13H,6-9,16H2,1-3H3/t11?,12-,13?/m1/s1. The lowest BCUT2D eigenvalue weighted by Crippen LogP contribution is -2.36. The minimum Gasteiger partial charge on any atom is -0.356 e. The van der Waals surface area contributed by atoms with Gasteiger partial charge in [0.05, 0.1) is 0 Å². The van der Waals surface area contributed by atoms with Gasteiger partial charge < -0.3 is 10.6 Å².